The average molecular weight is 391 g/mol. The Morgan fingerprint density at radius 1 is 1.21 bits per heavy atom. The maximum atomic E-state index is 12.9. The van der Waals surface area contributed by atoms with Crippen LogP contribution in [0.25, 0.3) is 0 Å². The lowest BCUT2D eigenvalue weighted by Crippen LogP contribution is -2.46. The summed E-state index contributed by atoms with van der Waals surface area (Å²) in [6.45, 7) is 3.78. The first-order valence-electron chi connectivity index (χ1n) is 7.61. The van der Waals surface area contributed by atoms with Gasteiger partial charge in [-0.1, -0.05) is 15.9 Å². The standard InChI is InChI=1S/C16H15BrN4O3/c1-7(2)21-13-12(14(23)20-21)16(6-11(22)19-13)9-5-8(17)3-4-10(9)18-15(16)24/h3-5,7H,6H2,1-2H3,(H,18,24)(H,19,22)(H,20,23)/t16-/m1/s1. The largest absolute Gasteiger partial charge is 0.325 e. The van der Waals surface area contributed by atoms with E-state index in [0.717, 1.165) is 4.47 Å². The second kappa shape index (κ2) is 4.83. The Morgan fingerprint density at radius 3 is 2.67 bits per heavy atom. The number of hydrogen-bond donors (Lipinski definition) is 3. The van der Waals surface area contributed by atoms with Crippen molar-refractivity contribution in [2.24, 2.45) is 0 Å². The van der Waals surface area contributed by atoms with E-state index in [-0.39, 0.29) is 29.8 Å². The normalized spacial score (nSPS) is 21.7. The number of aromatic nitrogens is 2. The van der Waals surface area contributed by atoms with E-state index in [1.807, 2.05) is 19.9 Å². The fourth-order valence-corrected chi connectivity index (χ4v) is 3.98. The lowest BCUT2D eigenvalue weighted by Gasteiger charge is -2.31. The van der Waals surface area contributed by atoms with Crippen LogP contribution in [0.4, 0.5) is 11.5 Å². The molecule has 2 amide bonds. The minimum Gasteiger partial charge on any atom is -0.325 e. The van der Waals surface area contributed by atoms with Crippen LogP contribution < -0.4 is 16.2 Å². The Labute approximate surface area is 145 Å². The number of carbonyl (C=O) groups excluding carboxylic acids is 2. The van der Waals surface area contributed by atoms with Crippen molar-refractivity contribution in [3.8, 4) is 0 Å². The molecule has 2 aliphatic rings. The van der Waals surface area contributed by atoms with Crippen molar-refractivity contribution in [3.05, 3.63) is 44.2 Å². The zero-order valence-corrected chi connectivity index (χ0v) is 14.7. The number of halogens is 1. The van der Waals surface area contributed by atoms with Gasteiger partial charge in [0.1, 0.15) is 11.2 Å². The van der Waals surface area contributed by atoms with Gasteiger partial charge in [-0.2, -0.15) is 0 Å². The number of rotatable bonds is 1. The van der Waals surface area contributed by atoms with Gasteiger partial charge >= 0.3 is 0 Å². The minimum absolute atomic E-state index is 0.0663. The molecule has 2 aliphatic heterocycles. The van der Waals surface area contributed by atoms with Crippen LogP contribution in [0.5, 0.6) is 0 Å². The van der Waals surface area contributed by atoms with Gasteiger partial charge in [-0.15, -0.1) is 0 Å². The number of aromatic amines is 1. The van der Waals surface area contributed by atoms with E-state index in [2.05, 4.69) is 31.7 Å². The number of nitrogens with one attached hydrogen (secondary N) is 3. The van der Waals surface area contributed by atoms with Gasteiger partial charge in [0.2, 0.25) is 11.8 Å². The molecule has 3 N–H and O–H groups in total. The number of fused-ring (bicyclic) bond motifs is 4. The van der Waals surface area contributed by atoms with E-state index in [1.165, 1.54) is 0 Å². The number of H-pyrrole nitrogens is 1. The molecule has 7 nitrogen and oxygen atoms in total. The number of nitrogens with zero attached hydrogens (tertiary/aromatic N) is 1. The number of hydrogen-bond acceptors (Lipinski definition) is 3. The molecule has 3 heterocycles. The summed E-state index contributed by atoms with van der Waals surface area (Å²) in [4.78, 5) is 37.9. The predicted molar refractivity (Wildman–Crippen MR) is 92.2 cm³/mol. The van der Waals surface area contributed by atoms with Crippen LogP contribution >= 0.6 is 15.9 Å². The van der Waals surface area contributed by atoms with Gasteiger partial charge in [-0.25, -0.2) is 0 Å². The van der Waals surface area contributed by atoms with Gasteiger partial charge in [-0.3, -0.25) is 24.2 Å². The first-order valence-corrected chi connectivity index (χ1v) is 8.40. The summed E-state index contributed by atoms with van der Waals surface area (Å²) in [6.07, 6.45) is -0.0968. The first kappa shape index (κ1) is 15.2. The van der Waals surface area contributed by atoms with Crippen LogP contribution in [0.15, 0.2) is 27.5 Å². The number of amides is 2. The van der Waals surface area contributed by atoms with Crippen LogP contribution in [0.1, 0.15) is 37.4 Å². The topological polar surface area (TPSA) is 96.0 Å². The Balaban J connectivity index is 2.09. The van der Waals surface area contributed by atoms with Gasteiger partial charge in [-0.05, 0) is 37.6 Å². The van der Waals surface area contributed by atoms with Crippen molar-refractivity contribution in [2.45, 2.75) is 31.7 Å². The number of anilines is 2. The molecule has 8 heteroatoms. The Morgan fingerprint density at radius 2 is 1.96 bits per heavy atom. The molecule has 0 unspecified atom stereocenters. The highest BCUT2D eigenvalue weighted by Gasteiger charge is 2.55. The Kier molecular flexibility index (Phi) is 3.05. The monoisotopic (exact) mass is 390 g/mol. The summed E-state index contributed by atoms with van der Waals surface area (Å²) in [5.41, 5.74) is -0.0952. The highest BCUT2D eigenvalue weighted by molar-refractivity contribution is 9.10. The molecule has 124 valence electrons. The zero-order chi connectivity index (χ0) is 17.2. The van der Waals surface area contributed by atoms with Crippen LogP contribution in [0, 0.1) is 0 Å². The minimum atomic E-state index is -1.30. The van der Waals surface area contributed by atoms with Gasteiger partial charge in [0.05, 0.1) is 12.0 Å². The summed E-state index contributed by atoms with van der Waals surface area (Å²) in [5.74, 6) is -0.271. The molecule has 0 aliphatic carbocycles. The van der Waals surface area contributed by atoms with Crippen molar-refractivity contribution in [2.75, 3.05) is 10.6 Å². The van der Waals surface area contributed by atoms with Crippen molar-refractivity contribution < 1.29 is 9.59 Å². The highest BCUT2D eigenvalue weighted by Crippen LogP contribution is 2.49. The zero-order valence-electron chi connectivity index (χ0n) is 13.1. The molecule has 1 aromatic heterocycles. The third-order valence-corrected chi connectivity index (χ3v) is 5.12. The molecule has 4 rings (SSSR count). The Bertz CT molecular complexity index is 959. The maximum absolute atomic E-state index is 12.9. The van der Waals surface area contributed by atoms with Crippen LogP contribution in [-0.2, 0) is 15.0 Å². The third-order valence-electron chi connectivity index (χ3n) is 4.63. The van der Waals surface area contributed by atoms with Gasteiger partial charge in [0.15, 0.2) is 0 Å². The van der Waals surface area contributed by atoms with E-state index in [4.69, 9.17) is 0 Å². The van der Waals surface area contributed by atoms with E-state index in [0.29, 0.717) is 22.6 Å². The molecule has 0 fully saturated rings. The van der Waals surface area contributed by atoms with Gasteiger partial charge in [0.25, 0.3) is 5.56 Å². The molecule has 1 atom stereocenters. The van der Waals surface area contributed by atoms with Crippen LogP contribution in [0.2, 0.25) is 0 Å². The second-order valence-electron chi connectivity index (χ2n) is 6.40. The van der Waals surface area contributed by atoms with Crippen LogP contribution in [0.3, 0.4) is 0 Å². The summed E-state index contributed by atoms with van der Waals surface area (Å²) < 4.78 is 2.38. The fourth-order valence-electron chi connectivity index (χ4n) is 3.61. The maximum Gasteiger partial charge on any atom is 0.270 e. The third kappa shape index (κ3) is 1.80. The van der Waals surface area contributed by atoms with E-state index in [1.54, 1.807) is 16.8 Å². The van der Waals surface area contributed by atoms with E-state index in [9.17, 15) is 14.4 Å². The second-order valence-corrected chi connectivity index (χ2v) is 7.32. The summed E-state index contributed by atoms with van der Waals surface area (Å²) in [6, 6.07) is 5.31. The predicted octanol–water partition coefficient (Wildman–Crippen LogP) is 2.10. The SMILES string of the molecule is CC(C)n1[nH]c(=O)c2c1NC(=O)C[C@]21C(=O)Nc2ccc(Br)cc21. The van der Waals surface area contributed by atoms with Gasteiger partial charge in [0, 0.05) is 16.2 Å². The molecule has 0 radical (unpaired) electrons. The lowest BCUT2D eigenvalue weighted by molar-refractivity contribution is -0.125. The number of carbonyl (C=O) groups is 2. The van der Waals surface area contributed by atoms with E-state index >= 15 is 0 Å². The smallest absolute Gasteiger partial charge is 0.270 e. The van der Waals surface area contributed by atoms with Crippen molar-refractivity contribution in [1.29, 1.82) is 0 Å². The number of benzene rings is 1. The fraction of sp³-hybridized carbons (Fsp3) is 0.312. The van der Waals surface area contributed by atoms with Crippen molar-refractivity contribution >= 4 is 39.2 Å². The quantitative estimate of drug-likeness (QED) is 0.695. The van der Waals surface area contributed by atoms with Crippen molar-refractivity contribution in [1.82, 2.24) is 9.78 Å². The molecule has 0 saturated carbocycles. The molecular weight excluding hydrogens is 376 g/mol. The summed E-state index contributed by atoms with van der Waals surface area (Å²) in [7, 11) is 0. The Hall–Kier alpha value is -2.35. The van der Waals surface area contributed by atoms with Gasteiger partial charge < -0.3 is 10.6 Å². The molecular formula is C16H15BrN4O3. The molecule has 24 heavy (non-hydrogen) atoms. The van der Waals surface area contributed by atoms with Crippen LogP contribution in [-0.4, -0.2) is 21.6 Å². The molecule has 2 aromatic rings. The molecule has 0 saturated heterocycles. The first-order chi connectivity index (χ1) is 11.3. The summed E-state index contributed by atoms with van der Waals surface area (Å²) >= 11 is 3.41. The summed E-state index contributed by atoms with van der Waals surface area (Å²) in [5, 5.41) is 8.31. The van der Waals surface area contributed by atoms with Crippen molar-refractivity contribution in [3.63, 3.8) is 0 Å². The van der Waals surface area contributed by atoms with E-state index < -0.39 is 5.41 Å². The highest BCUT2D eigenvalue weighted by atomic mass is 79.9. The average Bonchev–Trinajstić information content (AvgIpc) is 2.97. The lowest BCUT2D eigenvalue weighted by atomic mass is 9.71. The molecule has 0 bridgehead atoms. The molecule has 1 spiro atoms. The molecule has 1 aromatic carbocycles.